The molecule has 0 spiro atoms. The Balaban J connectivity index is 1.56. The van der Waals surface area contributed by atoms with E-state index in [1.807, 2.05) is 28.8 Å². The molecule has 1 aliphatic rings. The summed E-state index contributed by atoms with van der Waals surface area (Å²) in [5.74, 6) is -2.39. The van der Waals surface area contributed by atoms with Gasteiger partial charge in [-0.25, -0.2) is 14.5 Å². The number of nitrogens with one attached hydrogen (secondary N) is 1. The first-order chi connectivity index (χ1) is 16.8. The number of carboxylic acids is 1. The minimum Gasteiger partial charge on any atom is -0.475 e. The Bertz CT molecular complexity index is 1560. The van der Waals surface area contributed by atoms with Crippen molar-refractivity contribution in [3.05, 3.63) is 95.1 Å². The highest BCUT2D eigenvalue weighted by Crippen LogP contribution is 2.28. The fourth-order valence-corrected chi connectivity index (χ4v) is 4.11. The van der Waals surface area contributed by atoms with Gasteiger partial charge in [-0.15, -0.1) is 0 Å². The second-order valence-electron chi connectivity index (χ2n) is 8.04. The van der Waals surface area contributed by atoms with E-state index in [1.165, 1.54) is 12.1 Å². The first-order valence-electron chi connectivity index (χ1n) is 10.7. The highest BCUT2D eigenvalue weighted by atomic mass is 16.4. The zero-order chi connectivity index (χ0) is 24.7. The number of carboxylic acid groups (broad SMARTS) is 1. The minimum atomic E-state index is -1.16. The minimum absolute atomic E-state index is 0.163. The predicted octanol–water partition coefficient (Wildman–Crippen LogP) is 3.96. The summed E-state index contributed by atoms with van der Waals surface area (Å²) in [7, 11) is 0. The van der Waals surface area contributed by atoms with Crippen LogP contribution in [0.4, 0.5) is 10.5 Å². The highest BCUT2D eigenvalue weighted by molar-refractivity contribution is 6.39. The number of hydrogen-bond acceptors (Lipinski definition) is 5. The number of para-hydroxylation sites is 2. The van der Waals surface area contributed by atoms with Gasteiger partial charge in [0.2, 0.25) is 5.76 Å². The van der Waals surface area contributed by atoms with Crippen LogP contribution in [0.2, 0.25) is 0 Å². The number of barbiturate groups is 1. The first-order valence-corrected chi connectivity index (χ1v) is 10.7. The lowest BCUT2D eigenvalue weighted by atomic mass is 10.1. The number of fused-ring (bicyclic) bond motifs is 1. The molecule has 0 aliphatic carbocycles. The summed E-state index contributed by atoms with van der Waals surface area (Å²) in [5, 5.41) is 12.1. The van der Waals surface area contributed by atoms with Crippen LogP contribution in [0.3, 0.4) is 0 Å². The van der Waals surface area contributed by atoms with Crippen LogP contribution in [0.25, 0.3) is 17.0 Å². The summed E-state index contributed by atoms with van der Waals surface area (Å²) >= 11 is 0. The van der Waals surface area contributed by atoms with Crippen LogP contribution < -0.4 is 10.2 Å². The largest absolute Gasteiger partial charge is 0.475 e. The number of rotatable bonds is 5. The number of anilines is 1. The fraction of sp³-hybridized carbons (Fsp3) is 0.0769. The van der Waals surface area contributed by atoms with Gasteiger partial charge in [-0.1, -0.05) is 36.4 Å². The van der Waals surface area contributed by atoms with Gasteiger partial charge in [0.25, 0.3) is 11.8 Å². The number of nitrogens with zero attached hydrogens (tertiary/aromatic N) is 2. The Morgan fingerprint density at radius 3 is 2.51 bits per heavy atom. The SMILES string of the molecule is Cc1ccccc1N1C(=O)NC(=O)/C(=C\c2cn(Cc3ccc(C(=O)O)o3)c3ccccc23)C1=O. The molecule has 4 amide bonds. The van der Waals surface area contributed by atoms with Crippen molar-refractivity contribution in [3.8, 4) is 0 Å². The van der Waals surface area contributed by atoms with E-state index >= 15 is 0 Å². The number of amides is 4. The van der Waals surface area contributed by atoms with E-state index in [4.69, 9.17) is 9.52 Å². The van der Waals surface area contributed by atoms with Gasteiger partial charge in [-0.2, -0.15) is 0 Å². The normalized spacial score (nSPS) is 15.2. The van der Waals surface area contributed by atoms with Crippen LogP contribution in [0.15, 0.2) is 76.9 Å². The molecular weight excluding hydrogens is 450 g/mol. The van der Waals surface area contributed by atoms with Gasteiger partial charge in [-0.3, -0.25) is 14.9 Å². The number of urea groups is 1. The topological polar surface area (TPSA) is 122 Å². The Labute approximate surface area is 198 Å². The van der Waals surface area contributed by atoms with Crippen molar-refractivity contribution in [2.45, 2.75) is 13.5 Å². The molecule has 3 heterocycles. The summed E-state index contributed by atoms with van der Waals surface area (Å²) in [5.41, 5.74) is 2.30. The van der Waals surface area contributed by atoms with Crippen molar-refractivity contribution in [2.75, 3.05) is 4.90 Å². The van der Waals surface area contributed by atoms with Crippen molar-refractivity contribution in [3.63, 3.8) is 0 Å². The molecule has 0 radical (unpaired) electrons. The summed E-state index contributed by atoms with van der Waals surface area (Å²) in [6.07, 6.45) is 3.20. The standard InChI is InChI=1S/C26H19N3O6/c1-15-6-2-4-8-20(15)29-24(31)19(23(30)27-26(29)34)12-16-13-28(21-9-5-3-7-18(16)21)14-17-10-11-22(35-17)25(32)33/h2-13H,14H2,1H3,(H,32,33)(H,27,30,34)/b19-12+. The maximum Gasteiger partial charge on any atom is 0.371 e. The molecule has 0 saturated carbocycles. The molecule has 35 heavy (non-hydrogen) atoms. The molecule has 0 bridgehead atoms. The van der Waals surface area contributed by atoms with Crippen LogP contribution in [-0.4, -0.2) is 33.5 Å². The van der Waals surface area contributed by atoms with Gasteiger partial charge in [0.05, 0.1) is 12.2 Å². The van der Waals surface area contributed by atoms with E-state index in [0.717, 1.165) is 15.8 Å². The van der Waals surface area contributed by atoms with Crippen LogP contribution in [-0.2, 0) is 16.1 Å². The van der Waals surface area contributed by atoms with E-state index in [0.29, 0.717) is 22.6 Å². The average molecular weight is 469 g/mol. The maximum absolute atomic E-state index is 13.3. The van der Waals surface area contributed by atoms with Gasteiger partial charge in [0, 0.05) is 22.7 Å². The number of furan rings is 1. The van der Waals surface area contributed by atoms with Gasteiger partial charge in [0.15, 0.2) is 0 Å². The van der Waals surface area contributed by atoms with E-state index < -0.39 is 23.8 Å². The van der Waals surface area contributed by atoms with Gasteiger partial charge < -0.3 is 14.1 Å². The highest BCUT2D eigenvalue weighted by Gasteiger charge is 2.37. The van der Waals surface area contributed by atoms with Crippen LogP contribution >= 0.6 is 0 Å². The third-order valence-electron chi connectivity index (χ3n) is 5.78. The van der Waals surface area contributed by atoms with E-state index in [9.17, 15) is 19.2 Å². The van der Waals surface area contributed by atoms with Gasteiger partial charge in [0.1, 0.15) is 11.3 Å². The summed E-state index contributed by atoms with van der Waals surface area (Å²) in [4.78, 5) is 50.6. The van der Waals surface area contributed by atoms with Crippen molar-refractivity contribution >= 4 is 46.5 Å². The Morgan fingerprint density at radius 1 is 1.03 bits per heavy atom. The molecule has 9 heteroatoms. The van der Waals surface area contributed by atoms with Crippen molar-refractivity contribution in [1.82, 2.24) is 9.88 Å². The predicted molar refractivity (Wildman–Crippen MR) is 127 cm³/mol. The number of imide groups is 2. The maximum atomic E-state index is 13.3. The third-order valence-corrected chi connectivity index (χ3v) is 5.78. The van der Waals surface area contributed by atoms with E-state index in [-0.39, 0.29) is 17.9 Å². The Kier molecular flexibility index (Phi) is 5.29. The molecule has 1 saturated heterocycles. The molecule has 2 aromatic carbocycles. The number of hydrogen-bond donors (Lipinski definition) is 2. The molecule has 4 aromatic rings. The molecule has 9 nitrogen and oxygen atoms in total. The molecule has 1 aliphatic heterocycles. The third kappa shape index (κ3) is 3.89. The van der Waals surface area contributed by atoms with Crippen molar-refractivity contribution < 1.29 is 28.7 Å². The second kappa shape index (κ2) is 8.45. The Hall–Kier alpha value is -4.92. The van der Waals surface area contributed by atoms with Crippen LogP contribution in [0.5, 0.6) is 0 Å². The zero-order valence-corrected chi connectivity index (χ0v) is 18.5. The number of carbonyl (C=O) groups is 4. The number of benzene rings is 2. The number of aromatic nitrogens is 1. The number of carbonyl (C=O) groups excluding carboxylic acids is 3. The summed E-state index contributed by atoms with van der Waals surface area (Å²) in [6.45, 7) is 2.01. The number of aromatic carboxylic acids is 1. The number of aryl methyl sites for hydroxylation is 1. The van der Waals surface area contributed by atoms with E-state index in [2.05, 4.69) is 5.32 Å². The zero-order valence-electron chi connectivity index (χ0n) is 18.5. The molecule has 2 aromatic heterocycles. The lowest BCUT2D eigenvalue weighted by Crippen LogP contribution is -2.54. The molecular formula is C26H19N3O6. The average Bonchev–Trinajstić information content (AvgIpc) is 3.43. The molecule has 174 valence electrons. The molecule has 0 unspecified atom stereocenters. The smallest absolute Gasteiger partial charge is 0.371 e. The monoisotopic (exact) mass is 469 g/mol. The summed E-state index contributed by atoms with van der Waals surface area (Å²) in [6, 6.07) is 16.5. The lowest BCUT2D eigenvalue weighted by Gasteiger charge is -2.27. The summed E-state index contributed by atoms with van der Waals surface area (Å²) < 4.78 is 7.21. The molecule has 2 N–H and O–H groups in total. The van der Waals surface area contributed by atoms with E-state index in [1.54, 1.807) is 43.5 Å². The lowest BCUT2D eigenvalue weighted by molar-refractivity contribution is -0.122. The van der Waals surface area contributed by atoms with Crippen molar-refractivity contribution in [2.24, 2.45) is 0 Å². The molecule has 5 rings (SSSR count). The van der Waals surface area contributed by atoms with Gasteiger partial charge >= 0.3 is 12.0 Å². The quantitative estimate of drug-likeness (QED) is 0.337. The van der Waals surface area contributed by atoms with Gasteiger partial charge in [-0.05, 0) is 42.8 Å². The second-order valence-corrected chi connectivity index (χ2v) is 8.04. The molecule has 0 atom stereocenters. The van der Waals surface area contributed by atoms with Crippen LogP contribution in [0.1, 0.15) is 27.4 Å². The van der Waals surface area contributed by atoms with Crippen LogP contribution in [0, 0.1) is 6.92 Å². The fourth-order valence-electron chi connectivity index (χ4n) is 4.11. The van der Waals surface area contributed by atoms with Crippen molar-refractivity contribution in [1.29, 1.82) is 0 Å². The molecule has 1 fully saturated rings. The first kappa shape index (κ1) is 21.9. The Morgan fingerprint density at radius 2 is 1.77 bits per heavy atom.